The van der Waals surface area contributed by atoms with Crippen molar-refractivity contribution in [2.45, 2.75) is 25.3 Å². The van der Waals surface area contributed by atoms with Crippen LogP contribution >= 0.6 is 0 Å². The number of likely N-dealkylation sites (tertiary alicyclic amines) is 1. The van der Waals surface area contributed by atoms with Crippen LogP contribution in [0, 0.1) is 0 Å². The third kappa shape index (κ3) is 4.39. The average Bonchev–Trinajstić information content (AvgIpc) is 3.22. The van der Waals surface area contributed by atoms with Crippen LogP contribution in [0.3, 0.4) is 0 Å². The second-order valence-corrected chi connectivity index (χ2v) is 7.34. The summed E-state index contributed by atoms with van der Waals surface area (Å²) >= 11 is 0. The molecule has 150 valence electrons. The van der Waals surface area contributed by atoms with Gasteiger partial charge in [-0.2, -0.15) is 5.10 Å². The molecule has 4 rings (SSSR count). The molecular weight excluding hydrogens is 368 g/mol. The number of hydrogen-bond acceptors (Lipinski definition) is 5. The normalized spacial score (nSPS) is 14.7. The number of piperidine rings is 1. The van der Waals surface area contributed by atoms with Crippen molar-refractivity contribution in [3.05, 3.63) is 59.8 Å². The Kier molecular flexibility index (Phi) is 5.46. The zero-order valence-corrected chi connectivity index (χ0v) is 16.4. The van der Waals surface area contributed by atoms with Crippen molar-refractivity contribution in [1.82, 2.24) is 15.1 Å². The standard InChI is InChI=1S/C22H24N4O3/c1-29-22(28)16-3-2-4-19(13-16)24-18-7-9-26(10-8-18)21(27)12-15-5-6-17-14-23-25-20(17)11-15/h2-6,11,13-14,18,24H,7-10,12H2,1H3,(H,23,25). The maximum Gasteiger partial charge on any atom is 0.337 e. The molecule has 0 spiro atoms. The van der Waals surface area contributed by atoms with E-state index in [0.717, 1.165) is 48.1 Å². The molecule has 2 heterocycles. The van der Waals surface area contributed by atoms with Gasteiger partial charge in [-0.15, -0.1) is 0 Å². The average molecular weight is 392 g/mol. The van der Waals surface area contributed by atoms with E-state index in [9.17, 15) is 9.59 Å². The van der Waals surface area contributed by atoms with Gasteiger partial charge in [-0.3, -0.25) is 9.89 Å². The molecule has 0 unspecified atom stereocenters. The van der Waals surface area contributed by atoms with E-state index in [-0.39, 0.29) is 17.9 Å². The summed E-state index contributed by atoms with van der Waals surface area (Å²) in [6.45, 7) is 1.44. The summed E-state index contributed by atoms with van der Waals surface area (Å²) in [6, 6.07) is 13.5. The number of hydrogen-bond donors (Lipinski definition) is 2. The van der Waals surface area contributed by atoms with Crippen molar-refractivity contribution < 1.29 is 14.3 Å². The predicted octanol–water partition coefficient (Wildman–Crippen LogP) is 3.00. The van der Waals surface area contributed by atoms with Gasteiger partial charge in [-0.05, 0) is 42.7 Å². The van der Waals surface area contributed by atoms with E-state index in [1.807, 2.05) is 35.2 Å². The summed E-state index contributed by atoms with van der Waals surface area (Å²) in [5.74, 6) is -0.197. The molecule has 0 aliphatic carbocycles. The molecule has 7 heteroatoms. The summed E-state index contributed by atoms with van der Waals surface area (Å²) < 4.78 is 4.77. The van der Waals surface area contributed by atoms with Crippen molar-refractivity contribution in [3.63, 3.8) is 0 Å². The monoisotopic (exact) mass is 392 g/mol. The fraction of sp³-hybridized carbons (Fsp3) is 0.318. The number of aromatic nitrogens is 2. The van der Waals surface area contributed by atoms with Crippen LogP contribution in [0.2, 0.25) is 0 Å². The Morgan fingerprint density at radius 1 is 1.21 bits per heavy atom. The number of nitrogens with zero attached hydrogens (tertiary/aromatic N) is 2. The van der Waals surface area contributed by atoms with Gasteiger partial charge in [-0.1, -0.05) is 18.2 Å². The van der Waals surface area contributed by atoms with Crippen LogP contribution in [0.1, 0.15) is 28.8 Å². The highest BCUT2D eigenvalue weighted by Gasteiger charge is 2.23. The topological polar surface area (TPSA) is 87.3 Å². The molecule has 0 atom stereocenters. The Balaban J connectivity index is 1.30. The number of H-pyrrole nitrogens is 1. The van der Waals surface area contributed by atoms with Crippen LogP contribution in [0.5, 0.6) is 0 Å². The van der Waals surface area contributed by atoms with Gasteiger partial charge in [0.2, 0.25) is 5.91 Å². The van der Waals surface area contributed by atoms with E-state index in [0.29, 0.717) is 12.0 Å². The SMILES string of the molecule is COC(=O)c1cccc(NC2CCN(C(=O)Cc3ccc4cn[nH]c4c3)CC2)c1. The Morgan fingerprint density at radius 3 is 2.83 bits per heavy atom. The molecule has 0 radical (unpaired) electrons. The predicted molar refractivity (Wildman–Crippen MR) is 111 cm³/mol. The van der Waals surface area contributed by atoms with Gasteiger partial charge in [0.05, 0.1) is 30.8 Å². The molecule has 1 aromatic heterocycles. The number of anilines is 1. The lowest BCUT2D eigenvalue weighted by atomic mass is 10.0. The molecule has 29 heavy (non-hydrogen) atoms. The Bertz CT molecular complexity index is 1020. The van der Waals surface area contributed by atoms with Crippen LogP contribution in [-0.2, 0) is 16.0 Å². The number of esters is 1. The number of fused-ring (bicyclic) bond motifs is 1. The van der Waals surface area contributed by atoms with Gasteiger partial charge in [0, 0.05) is 30.2 Å². The Labute approximate surface area is 169 Å². The summed E-state index contributed by atoms with van der Waals surface area (Å²) in [4.78, 5) is 26.3. The number of carbonyl (C=O) groups is 2. The van der Waals surface area contributed by atoms with Crippen LogP contribution in [0.15, 0.2) is 48.7 Å². The molecule has 0 bridgehead atoms. The quantitative estimate of drug-likeness (QED) is 0.652. The summed E-state index contributed by atoms with van der Waals surface area (Å²) in [5.41, 5.74) is 3.36. The van der Waals surface area contributed by atoms with Crippen LogP contribution < -0.4 is 5.32 Å². The third-order valence-electron chi connectivity index (χ3n) is 5.36. The Hall–Kier alpha value is -3.35. The zero-order valence-electron chi connectivity index (χ0n) is 16.4. The van der Waals surface area contributed by atoms with E-state index in [1.165, 1.54) is 7.11 Å². The molecule has 2 N–H and O–H groups in total. The molecule has 7 nitrogen and oxygen atoms in total. The van der Waals surface area contributed by atoms with Gasteiger partial charge in [0.25, 0.3) is 0 Å². The number of nitrogens with one attached hydrogen (secondary N) is 2. The van der Waals surface area contributed by atoms with Crippen molar-refractivity contribution >= 4 is 28.5 Å². The molecular formula is C22H24N4O3. The summed E-state index contributed by atoms with van der Waals surface area (Å²) in [7, 11) is 1.38. The second-order valence-electron chi connectivity index (χ2n) is 7.34. The number of rotatable bonds is 5. The number of aromatic amines is 1. The van der Waals surface area contributed by atoms with Gasteiger partial charge in [0.15, 0.2) is 0 Å². The van der Waals surface area contributed by atoms with Crippen LogP contribution in [0.4, 0.5) is 5.69 Å². The van der Waals surface area contributed by atoms with Gasteiger partial charge in [0.1, 0.15) is 0 Å². The summed E-state index contributed by atoms with van der Waals surface area (Å²) in [5, 5.41) is 11.5. The third-order valence-corrected chi connectivity index (χ3v) is 5.36. The highest BCUT2D eigenvalue weighted by Crippen LogP contribution is 2.20. The molecule has 1 aliphatic heterocycles. The number of carbonyl (C=O) groups excluding carboxylic acids is 2. The highest BCUT2D eigenvalue weighted by molar-refractivity contribution is 5.90. The molecule has 2 aromatic carbocycles. The van der Waals surface area contributed by atoms with Gasteiger partial charge >= 0.3 is 5.97 Å². The van der Waals surface area contributed by atoms with Gasteiger partial charge < -0.3 is 15.0 Å². The van der Waals surface area contributed by atoms with Crippen molar-refractivity contribution in [2.24, 2.45) is 0 Å². The fourth-order valence-corrected chi connectivity index (χ4v) is 3.74. The smallest absolute Gasteiger partial charge is 0.337 e. The molecule has 0 saturated carbocycles. The zero-order chi connectivity index (χ0) is 20.2. The molecule has 3 aromatic rings. The molecule has 1 fully saturated rings. The van der Waals surface area contributed by atoms with Gasteiger partial charge in [-0.25, -0.2) is 4.79 Å². The van der Waals surface area contributed by atoms with E-state index in [2.05, 4.69) is 15.5 Å². The highest BCUT2D eigenvalue weighted by atomic mass is 16.5. The van der Waals surface area contributed by atoms with E-state index in [1.54, 1.807) is 18.3 Å². The molecule has 1 saturated heterocycles. The van der Waals surface area contributed by atoms with Crippen molar-refractivity contribution in [2.75, 3.05) is 25.5 Å². The first-order valence-electron chi connectivity index (χ1n) is 9.77. The lowest BCUT2D eigenvalue weighted by Gasteiger charge is -2.33. The first-order chi connectivity index (χ1) is 14.1. The molecule has 1 amide bonds. The first kappa shape index (κ1) is 19.0. The minimum atomic E-state index is -0.345. The minimum absolute atomic E-state index is 0.148. The lowest BCUT2D eigenvalue weighted by molar-refractivity contribution is -0.131. The number of ether oxygens (including phenoxy) is 1. The fourth-order valence-electron chi connectivity index (χ4n) is 3.74. The minimum Gasteiger partial charge on any atom is -0.465 e. The maximum absolute atomic E-state index is 12.7. The van der Waals surface area contributed by atoms with Crippen molar-refractivity contribution in [1.29, 1.82) is 0 Å². The second kappa shape index (κ2) is 8.34. The molecule has 1 aliphatic rings. The maximum atomic E-state index is 12.7. The number of amides is 1. The number of benzene rings is 2. The Morgan fingerprint density at radius 2 is 2.03 bits per heavy atom. The first-order valence-corrected chi connectivity index (χ1v) is 9.77. The number of methoxy groups -OCH3 is 1. The van der Waals surface area contributed by atoms with Crippen molar-refractivity contribution in [3.8, 4) is 0 Å². The van der Waals surface area contributed by atoms with E-state index < -0.39 is 0 Å². The summed E-state index contributed by atoms with van der Waals surface area (Å²) in [6.07, 6.45) is 3.91. The lowest BCUT2D eigenvalue weighted by Crippen LogP contribution is -2.43. The van der Waals surface area contributed by atoms with Crippen LogP contribution in [0.25, 0.3) is 10.9 Å². The largest absolute Gasteiger partial charge is 0.465 e. The van der Waals surface area contributed by atoms with E-state index >= 15 is 0 Å². The van der Waals surface area contributed by atoms with Crippen LogP contribution in [-0.4, -0.2) is 53.2 Å². The van der Waals surface area contributed by atoms with E-state index in [4.69, 9.17) is 4.74 Å².